The SMILES string of the molecule is Cc1nccc(C2NN(C3CCCCO3)c3ccc(O[C@@H](C)C(C)(C)C)cc32)n1. The normalized spacial score (nSPS) is 23.0. The molecule has 0 radical (unpaired) electrons. The van der Waals surface area contributed by atoms with Crippen LogP contribution in [0.3, 0.4) is 0 Å². The maximum absolute atomic E-state index is 6.28. The molecule has 2 aliphatic heterocycles. The summed E-state index contributed by atoms with van der Waals surface area (Å²) in [4.78, 5) is 8.94. The smallest absolute Gasteiger partial charge is 0.144 e. The second-order valence-electron chi connectivity index (χ2n) is 9.13. The zero-order valence-electron chi connectivity index (χ0n) is 18.1. The third-order valence-electron chi connectivity index (χ3n) is 5.91. The van der Waals surface area contributed by atoms with Crippen LogP contribution in [0, 0.1) is 12.3 Å². The Hall–Kier alpha value is -2.18. The van der Waals surface area contributed by atoms with Gasteiger partial charge in [-0.15, -0.1) is 0 Å². The third kappa shape index (κ3) is 4.23. The summed E-state index contributed by atoms with van der Waals surface area (Å²) in [5.41, 5.74) is 6.97. The number of nitrogens with one attached hydrogen (secondary N) is 1. The van der Waals surface area contributed by atoms with Crippen molar-refractivity contribution in [2.45, 2.75) is 72.3 Å². The van der Waals surface area contributed by atoms with Crippen molar-refractivity contribution in [3.8, 4) is 5.75 Å². The van der Waals surface area contributed by atoms with Crippen molar-refractivity contribution in [3.63, 3.8) is 0 Å². The fourth-order valence-corrected chi connectivity index (χ4v) is 3.74. The molecule has 6 nitrogen and oxygen atoms in total. The monoisotopic (exact) mass is 396 g/mol. The Kier molecular flexibility index (Phi) is 5.49. The van der Waals surface area contributed by atoms with Gasteiger partial charge in [-0.3, -0.25) is 5.01 Å². The number of nitrogens with zero attached hydrogens (tertiary/aromatic N) is 3. The first-order valence-electron chi connectivity index (χ1n) is 10.6. The van der Waals surface area contributed by atoms with Gasteiger partial charge in [0.1, 0.15) is 23.9 Å². The van der Waals surface area contributed by atoms with Gasteiger partial charge in [0, 0.05) is 18.4 Å². The summed E-state index contributed by atoms with van der Waals surface area (Å²) in [5, 5.41) is 2.17. The lowest BCUT2D eigenvalue weighted by molar-refractivity contribution is 0.00855. The van der Waals surface area contributed by atoms with Crippen molar-refractivity contribution >= 4 is 5.69 Å². The number of fused-ring (bicyclic) bond motifs is 1. The number of anilines is 1. The van der Waals surface area contributed by atoms with Gasteiger partial charge in [-0.05, 0) is 62.8 Å². The molecule has 1 fully saturated rings. The Bertz CT molecular complexity index is 858. The molecule has 2 aromatic rings. The molecule has 1 saturated heterocycles. The lowest BCUT2D eigenvalue weighted by Crippen LogP contribution is -2.46. The largest absolute Gasteiger partial charge is 0.490 e. The summed E-state index contributed by atoms with van der Waals surface area (Å²) in [5.74, 6) is 1.65. The summed E-state index contributed by atoms with van der Waals surface area (Å²) >= 11 is 0. The first-order chi connectivity index (χ1) is 13.8. The molecule has 3 atom stereocenters. The number of ether oxygens (including phenoxy) is 2. The summed E-state index contributed by atoms with van der Waals surface area (Å²) < 4.78 is 12.3. The van der Waals surface area contributed by atoms with Crippen LogP contribution in [0.5, 0.6) is 5.75 Å². The first-order valence-corrected chi connectivity index (χ1v) is 10.6. The highest BCUT2D eigenvalue weighted by atomic mass is 16.5. The van der Waals surface area contributed by atoms with Crippen molar-refractivity contribution in [1.82, 2.24) is 15.4 Å². The van der Waals surface area contributed by atoms with E-state index in [0.29, 0.717) is 0 Å². The Morgan fingerprint density at radius 3 is 2.76 bits per heavy atom. The zero-order chi connectivity index (χ0) is 20.6. The molecule has 0 aliphatic carbocycles. The summed E-state index contributed by atoms with van der Waals surface area (Å²) in [6.07, 6.45) is 5.29. The Morgan fingerprint density at radius 2 is 2.07 bits per heavy atom. The van der Waals surface area contributed by atoms with E-state index in [4.69, 9.17) is 9.47 Å². The molecular formula is C23H32N4O2. The van der Waals surface area contributed by atoms with E-state index in [1.165, 1.54) is 6.42 Å². The van der Waals surface area contributed by atoms with E-state index in [1.807, 2.05) is 19.2 Å². The average Bonchev–Trinajstić information content (AvgIpc) is 3.07. The lowest BCUT2D eigenvalue weighted by atomic mass is 9.90. The van der Waals surface area contributed by atoms with Crippen LogP contribution in [0.1, 0.15) is 70.1 Å². The molecule has 156 valence electrons. The van der Waals surface area contributed by atoms with Crippen LogP contribution in [-0.4, -0.2) is 28.9 Å². The molecule has 6 heteroatoms. The minimum Gasteiger partial charge on any atom is -0.490 e. The molecule has 2 aliphatic rings. The fraction of sp³-hybridized carbons (Fsp3) is 0.565. The topological polar surface area (TPSA) is 59.5 Å². The number of hydrazine groups is 1. The molecule has 1 aromatic carbocycles. The van der Waals surface area contributed by atoms with Crippen molar-refractivity contribution in [1.29, 1.82) is 0 Å². The van der Waals surface area contributed by atoms with Crippen molar-refractivity contribution in [2.75, 3.05) is 11.6 Å². The lowest BCUT2D eigenvalue weighted by Gasteiger charge is -2.33. The van der Waals surface area contributed by atoms with Gasteiger partial charge in [0.25, 0.3) is 0 Å². The van der Waals surface area contributed by atoms with Crippen LogP contribution in [0.2, 0.25) is 0 Å². The van der Waals surface area contributed by atoms with Gasteiger partial charge in [-0.1, -0.05) is 20.8 Å². The van der Waals surface area contributed by atoms with E-state index >= 15 is 0 Å². The summed E-state index contributed by atoms with van der Waals surface area (Å²) in [6.45, 7) is 11.4. The van der Waals surface area contributed by atoms with Crippen LogP contribution in [0.25, 0.3) is 0 Å². The molecule has 29 heavy (non-hydrogen) atoms. The van der Waals surface area contributed by atoms with Gasteiger partial charge in [0.05, 0.1) is 17.4 Å². The average molecular weight is 397 g/mol. The van der Waals surface area contributed by atoms with E-state index in [9.17, 15) is 0 Å². The number of benzene rings is 1. The molecule has 3 heterocycles. The zero-order valence-corrected chi connectivity index (χ0v) is 18.1. The number of aromatic nitrogens is 2. The van der Waals surface area contributed by atoms with Crippen LogP contribution < -0.4 is 15.2 Å². The first kappa shape index (κ1) is 20.1. The van der Waals surface area contributed by atoms with E-state index in [0.717, 1.165) is 48.0 Å². The number of hydrogen-bond acceptors (Lipinski definition) is 6. The fourth-order valence-electron chi connectivity index (χ4n) is 3.74. The number of aryl methyl sites for hydroxylation is 1. The van der Waals surface area contributed by atoms with Gasteiger partial charge >= 0.3 is 0 Å². The standard InChI is InChI=1S/C23H32N4O2/c1-15(23(3,4)5)29-17-9-10-20-18(14-17)22(19-11-12-24-16(2)25-19)26-27(20)21-8-6-7-13-28-21/h9-12,14-15,21-22,26H,6-8,13H2,1-5H3/t15-,21?,22?/m0/s1. The number of hydrogen-bond donors (Lipinski definition) is 1. The molecule has 0 amide bonds. The van der Waals surface area contributed by atoms with Gasteiger partial charge in [-0.2, -0.15) is 0 Å². The molecule has 2 unspecified atom stereocenters. The van der Waals surface area contributed by atoms with Gasteiger partial charge in [0.15, 0.2) is 0 Å². The minimum absolute atomic E-state index is 0.0377. The van der Waals surface area contributed by atoms with Crippen molar-refractivity contribution in [3.05, 3.63) is 47.5 Å². The van der Waals surface area contributed by atoms with Gasteiger partial charge in [-0.25, -0.2) is 15.4 Å². The van der Waals surface area contributed by atoms with Crippen LogP contribution >= 0.6 is 0 Å². The Morgan fingerprint density at radius 1 is 1.24 bits per heavy atom. The third-order valence-corrected chi connectivity index (χ3v) is 5.91. The van der Waals surface area contributed by atoms with E-state index in [-0.39, 0.29) is 23.8 Å². The van der Waals surface area contributed by atoms with Crippen molar-refractivity contribution in [2.24, 2.45) is 5.41 Å². The quantitative estimate of drug-likeness (QED) is 0.819. The van der Waals surface area contributed by atoms with Crippen LogP contribution in [0.15, 0.2) is 30.5 Å². The predicted molar refractivity (Wildman–Crippen MR) is 114 cm³/mol. The molecule has 1 aromatic heterocycles. The second-order valence-corrected chi connectivity index (χ2v) is 9.13. The number of rotatable bonds is 4. The molecular weight excluding hydrogens is 364 g/mol. The maximum Gasteiger partial charge on any atom is 0.144 e. The van der Waals surface area contributed by atoms with Gasteiger partial charge in [0.2, 0.25) is 0 Å². The highest BCUT2D eigenvalue weighted by molar-refractivity contribution is 5.62. The van der Waals surface area contributed by atoms with E-state index < -0.39 is 0 Å². The molecule has 0 saturated carbocycles. The Labute approximate surface area is 173 Å². The van der Waals surface area contributed by atoms with Crippen LogP contribution in [0.4, 0.5) is 5.69 Å². The molecule has 0 bridgehead atoms. The summed E-state index contributed by atoms with van der Waals surface area (Å²) in [6, 6.07) is 8.27. The molecule has 1 N–H and O–H groups in total. The Balaban J connectivity index is 1.69. The van der Waals surface area contributed by atoms with Gasteiger partial charge < -0.3 is 9.47 Å². The second kappa shape index (κ2) is 7.92. The van der Waals surface area contributed by atoms with E-state index in [2.05, 4.69) is 66.3 Å². The highest BCUT2D eigenvalue weighted by Gasteiger charge is 2.36. The minimum atomic E-state index is -0.0503. The maximum atomic E-state index is 6.28. The summed E-state index contributed by atoms with van der Waals surface area (Å²) in [7, 11) is 0. The van der Waals surface area contributed by atoms with Crippen molar-refractivity contribution < 1.29 is 9.47 Å². The molecule has 4 rings (SSSR count). The van der Waals surface area contributed by atoms with E-state index in [1.54, 1.807) is 0 Å². The predicted octanol–water partition coefficient (Wildman–Crippen LogP) is 4.54. The highest BCUT2D eigenvalue weighted by Crippen LogP contribution is 2.41. The molecule has 0 spiro atoms. The van der Waals surface area contributed by atoms with Crippen LogP contribution in [-0.2, 0) is 4.74 Å².